The summed E-state index contributed by atoms with van der Waals surface area (Å²) in [6, 6.07) is 14.8. The number of anilines is 1. The molecule has 2 N–H and O–H groups in total. The molecule has 1 aliphatic heterocycles. The minimum Gasteiger partial charge on any atom is -0.369 e. The monoisotopic (exact) mass is 390 g/mol. The lowest BCUT2D eigenvalue weighted by Gasteiger charge is -2.36. The third-order valence-corrected chi connectivity index (χ3v) is 6.05. The van der Waals surface area contributed by atoms with Crippen LogP contribution in [0.25, 0.3) is 10.9 Å². The molecule has 5 nitrogen and oxygen atoms in total. The third-order valence-electron chi connectivity index (χ3n) is 6.05. The van der Waals surface area contributed by atoms with Gasteiger partial charge in [-0.3, -0.25) is 9.69 Å². The summed E-state index contributed by atoms with van der Waals surface area (Å²) in [6.07, 6.45) is 2.89. The van der Waals surface area contributed by atoms with Gasteiger partial charge in [-0.15, -0.1) is 0 Å². The molecule has 0 spiro atoms. The number of hydrogen-bond acceptors (Lipinski definition) is 3. The maximum atomic E-state index is 12.4. The van der Waals surface area contributed by atoms with Crippen LogP contribution in [0.2, 0.25) is 0 Å². The smallest absolute Gasteiger partial charge is 0.234 e. The Morgan fingerprint density at radius 1 is 1.03 bits per heavy atom. The maximum Gasteiger partial charge on any atom is 0.234 e. The molecule has 4 rings (SSSR count). The van der Waals surface area contributed by atoms with Crippen molar-refractivity contribution in [1.29, 1.82) is 0 Å². The molecule has 0 radical (unpaired) electrons. The highest BCUT2D eigenvalue weighted by atomic mass is 16.2. The number of nitrogens with zero attached hydrogens (tertiary/aromatic N) is 2. The average Bonchev–Trinajstić information content (AvgIpc) is 3.14. The van der Waals surface area contributed by atoms with Crippen LogP contribution in [-0.2, 0) is 11.2 Å². The fourth-order valence-corrected chi connectivity index (χ4v) is 4.16. The van der Waals surface area contributed by atoms with Gasteiger partial charge in [0, 0.05) is 55.5 Å². The molecule has 0 bridgehead atoms. The van der Waals surface area contributed by atoms with Crippen LogP contribution in [0.15, 0.2) is 48.7 Å². The van der Waals surface area contributed by atoms with Gasteiger partial charge in [0.2, 0.25) is 5.91 Å². The maximum absolute atomic E-state index is 12.4. The van der Waals surface area contributed by atoms with Gasteiger partial charge in [0.05, 0.1) is 6.54 Å². The number of aromatic amines is 1. The van der Waals surface area contributed by atoms with Gasteiger partial charge in [-0.25, -0.2) is 0 Å². The largest absolute Gasteiger partial charge is 0.369 e. The predicted molar refractivity (Wildman–Crippen MR) is 120 cm³/mol. The van der Waals surface area contributed by atoms with Gasteiger partial charge in [-0.05, 0) is 49.1 Å². The van der Waals surface area contributed by atoms with Crippen LogP contribution in [0.3, 0.4) is 0 Å². The lowest BCUT2D eigenvalue weighted by molar-refractivity contribution is -0.122. The fraction of sp³-hybridized carbons (Fsp3) is 0.375. The zero-order chi connectivity index (χ0) is 20.2. The Balaban J connectivity index is 1.22. The number of piperazine rings is 1. The molecular formula is C24H30N4O. The molecule has 1 amide bonds. The van der Waals surface area contributed by atoms with E-state index in [0.717, 1.165) is 38.1 Å². The van der Waals surface area contributed by atoms with Crippen LogP contribution in [0, 0.1) is 13.8 Å². The normalized spacial score (nSPS) is 15.0. The standard InChI is InChI=1S/C24H30N4O/c1-18-6-5-9-23(19(18)2)28-14-12-27(13-15-28)17-24(29)25-11-10-20-16-26-22-8-4-3-7-21(20)22/h3-9,16,26H,10-15,17H2,1-2H3,(H,25,29). The summed E-state index contributed by atoms with van der Waals surface area (Å²) in [6.45, 7) is 9.28. The van der Waals surface area contributed by atoms with Crippen LogP contribution in [0.1, 0.15) is 16.7 Å². The summed E-state index contributed by atoms with van der Waals surface area (Å²) in [5.74, 6) is 0.116. The van der Waals surface area contributed by atoms with E-state index in [1.807, 2.05) is 12.3 Å². The average molecular weight is 391 g/mol. The van der Waals surface area contributed by atoms with Gasteiger partial charge in [-0.1, -0.05) is 30.3 Å². The SMILES string of the molecule is Cc1cccc(N2CCN(CC(=O)NCCc3c[nH]c4ccccc34)CC2)c1C. The highest BCUT2D eigenvalue weighted by Gasteiger charge is 2.20. The van der Waals surface area contributed by atoms with Gasteiger partial charge in [0.25, 0.3) is 0 Å². The molecule has 0 unspecified atom stereocenters. The van der Waals surface area contributed by atoms with E-state index in [2.05, 4.69) is 70.3 Å². The third kappa shape index (κ3) is 4.46. The number of nitrogens with one attached hydrogen (secondary N) is 2. The number of aromatic nitrogens is 1. The molecule has 1 aliphatic rings. The molecule has 29 heavy (non-hydrogen) atoms. The van der Waals surface area contributed by atoms with Gasteiger partial charge >= 0.3 is 0 Å². The lowest BCUT2D eigenvalue weighted by atomic mass is 10.1. The van der Waals surface area contributed by atoms with Gasteiger partial charge in [0.1, 0.15) is 0 Å². The van der Waals surface area contributed by atoms with Crippen molar-refractivity contribution in [3.05, 3.63) is 65.4 Å². The number of fused-ring (bicyclic) bond motifs is 1. The number of carbonyl (C=O) groups is 1. The van der Waals surface area contributed by atoms with Crippen molar-refractivity contribution >= 4 is 22.5 Å². The lowest BCUT2D eigenvalue weighted by Crippen LogP contribution is -2.49. The molecule has 0 atom stereocenters. The second-order valence-electron chi connectivity index (χ2n) is 7.94. The number of H-pyrrole nitrogens is 1. The molecule has 0 aliphatic carbocycles. The van der Waals surface area contributed by atoms with Crippen molar-refractivity contribution in [3.8, 4) is 0 Å². The summed E-state index contributed by atoms with van der Waals surface area (Å²) in [5.41, 5.74) is 6.42. The minimum absolute atomic E-state index is 0.116. The molecule has 3 aromatic rings. The number of benzene rings is 2. The molecular weight excluding hydrogens is 360 g/mol. The van der Waals surface area contributed by atoms with Crippen LogP contribution in [0.4, 0.5) is 5.69 Å². The quantitative estimate of drug-likeness (QED) is 0.679. The molecule has 1 aromatic heterocycles. The minimum atomic E-state index is 0.116. The molecule has 152 valence electrons. The van der Waals surface area contributed by atoms with E-state index in [4.69, 9.17) is 0 Å². The van der Waals surface area contributed by atoms with Crippen molar-refractivity contribution in [2.75, 3.05) is 44.2 Å². The fourth-order valence-electron chi connectivity index (χ4n) is 4.16. The van der Waals surface area contributed by atoms with Crippen LogP contribution in [-0.4, -0.2) is 55.1 Å². The van der Waals surface area contributed by atoms with Crippen molar-refractivity contribution in [1.82, 2.24) is 15.2 Å². The molecule has 0 saturated carbocycles. The first-order chi connectivity index (χ1) is 14.1. The van der Waals surface area contributed by atoms with Crippen LogP contribution < -0.4 is 10.2 Å². The highest BCUT2D eigenvalue weighted by Crippen LogP contribution is 2.23. The number of aryl methyl sites for hydroxylation is 1. The van der Waals surface area contributed by atoms with E-state index in [-0.39, 0.29) is 5.91 Å². The Bertz CT molecular complexity index is 985. The van der Waals surface area contributed by atoms with Crippen LogP contribution >= 0.6 is 0 Å². The van der Waals surface area contributed by atoms with Gasteiger partial charge in [-0.2, -0.15) is 0 Å². The van der Waals surface area contributed by atoms with E-state index in [1.165, 1.54) is 27.8 Å². The summed E-state index contributed by atoms with van der Waals surface area (Å²) < 4.78 is 0. The first-order valence-electron chi connectivity index (χ1n) is 10.5. The number of rotatable bonds is 6. The summed E-state index contributed by atoms with van der Waals surface area (Å²) >= 11 is 0. The van der Waals surface area contributed by atoms with Gasteiger partial charge in [0.15, 0.2) is 0 Å². The van der Waals surface area contributed by atoms with Crippen LogP contribution in [0.5, 0.6) is 0 Å². The van der Waals surface area contributed by atoms with Crippen molar-refractivity contribution < 1.29 is 4.79 Å². The molecule has 1 saturated heterocycles. The molecule has 1 fully saturated rings. The zero-order valence-corrected chi connectivity index (χ0v) is 17.4. The summed E-state index contributed by atoms with van der Waals surface area (Å²) in [5, 5.41) is 4.32. The van der Waals surface area contributed by atoms with Crippen molar-refractivity contribution in [3.63, 3.8) is 0 Å². The Hall–Kier alpha value is -2.79. The van der Waals surface area contributed by atoms with E-state index in [9.17, 15) is 4.79 Å². The number of carbonyl (C=O) groups excluding carboxylic acids is 1. The molecule has 2 aromatic carbocycles. The first-order valence-corrected chi connectivity index (χ1v) is 10.5. The number of para-hydroxylation sites is 1. The number of hydrogen-bond donors (Lipinski definition) is 2. The zero-order valence-electron chi connectivity index (χ0n) is 17.4. The van der Waals surface area contributed by atoms with Crippen molar-refractivity contribution in [2.24, 2.45) is 0 Å². The number of amides is 1. The Morgan fingerprint density at radius 3 is 2.66 bits per heavy atom. The van der Waals surface area contributed by atoms with E-state index < -0.39 is 0 Å². The first kappa shape index (κ1) is 19.5. The Kier molecular flexibility index (Phi) is 5.86. The van der Waals surface area contributed by atoms with E-state index in [1.54, 1.807) is 0 Å². The second-order valence-corrected chi connectivity index (χ2v) is 7.94. The van der Waals surface area contributed by atoms with Crippen molar-refractivity contribution in [2.45, 2.75) is 20.3 Å². The Morgan fingerprint density at radius 2 is 1.83 bits per heavy atom. The summed E-state index contributed by atoms with van der Waals surface area (Å²) in [4.78, 5) is 20.4. The molecule has 5 heteroatoms. The Labute approximate surface area is 172 Å². The van der Waals surface area contributed by atoms with Gasteiger partial charge < -0.3 is 15.2 Å². The van der Waals surface area contributed by atoms with E-state index in [0.29, 0.717) is 13.1 Å². The van der Waals surface area contributed by atoms with E-state index >= 15 is 0 Å². The predicted octanol–water partition coefficient (Wildman–Crippen LogP) is 3.27. The molecule has 2 heterocycles. The summed E-state index contributed by atoms with van der Waals surface area (Å²) in [7, 11) is 0. The highest BCUT2D eigenvalue weighted by molar-refractivity contribution is 5.83. The topological polar surface area (TPSA) is 51.4 Å². The second kappa shape index (κ2) is 8.70.